The molecule has 0 saturated heterocycles. The predicted octanol–water partition coefficient (Wildman–Crippen LogP) is -2.95. The minimum Gasteiger partial charge on any atom is -0.480 e. The van der Waals surface area contributed by atoms with Crippen molar-refractivity contribution in [3.05, 3.63) is 0 Å². The highest BCUT2D eigenvalue weighted by molar-refractivity contribution is 7.98. The monoisotopic (exact) mass is 561 g/mol. The molecule has 0 aromatic carbocycles. The maximum absolute atomic E-state index is 13.1. The van der Waals surface area contributed by atoms with Crippen LogP contribution < -0.4 is 44.6 Å². The van der Waals surface area contributed by atoms with Crippen LogP contribution in [-0.2, 0) is 24.0 Å². The van der Waals surface area contributed by atoms with Crippen LogP contribution in [0, 0.1) is 0 Å². The van der Waals surface area contributed by atoms with Crippen molar-refractivity contribution in [2.75, 3.05) is 25.1 Å². The third kappa shape index (κ3) is 15.9. The van der Waals surface area contributed by atoms with Crippen molar-refractivity contribution in [1.29, 1.82) is 0 Å². The second-order valence-corrected chi connectivity index (χ2v) is 9.63. The first-order valence-electron chi connectivity index (χ1n) is 12.3. The fraction of sp³-hybridized carbons (Fsp3) is 0.727. The molecule has 0 fully saturated rings. The highest BCUT2D eigenvalue weighted by Crippen LogP contribution is 2.07. The van der Waals surface area contributed by atoms with Crippen molar-refractivity contribution >= 4 is 47.3 Å². The summed E-state index contributed by atoms with van der Waals surface area (Å²) in [5.41, 5.74) is 27.2. The SMILES string of the molecule is CSCCC(N)C(=O)NC(CCC(N)=O)C(=O)NC(CCCCN)C(=O)NC(CCCN=C(N)N)C(=O)O. The van der Waals surface area contributed by atoms with Gasteiger partial charge in [0.2, 0.25) is 23.6 Å². The van der Waals surface area contributed by atoms with Gasteiger partial charge in [-0.15, -0.1) is 0 Å². The lowest BCUT2D eigenvalue weighted by Crippen LogP contribution is -2.57. The molecule has 0 aliphatic carbocycles. The highest BCUT2D eigenvalue weighted by atomic mass is 32.2. The van der Waals surface area contributed by atoms with E-state index in [1.165, 1.54) is 11.8 Å². The number of thioether (sulfide) groups is 1. The first-order chi connectivity index (χ1) is 17.9. The number of carboxylic acids is 1. The summed E-state index contributed by atoms with van der Waals surface area (Å²) in [6.45, 7) is 0.537. The molecule has 0 saturated carbocycles. The number of primary amides is 1. The van der Waals surface area contributed by atoms with E-state index in [2.05, 4.69) is 20.9 Å². The molecular formula is C22H43N9O6S. The number of nitrogens with two attached hydrogens (primary N) is 5. The topological polar surface area (TPSA) is 284 Å². The van der Waals surface area contributed by atoms with E-state index in [4.69, 9.17) is 28.7 Å². The summed E-state index contributed by atoms with van der Waals surface area (Å²) in [7, 11) is 0. The van der Waals surface area contributed by atoms with Crippen molar-refractivity contribution in [3.8, 4) is 0 Å². The van der Waals surface area contributed by atoms with Crippen molar-refractivity contribution in [1.82, 2.24) is 16.0 Å². The Hall–Kier alpha value is -3.11. The fourth-order valence-corrected chi connectivity index (χ4v) is 3.77. The summed E-state index contributed by atoms with van der Waals surface area (Å²) in [6.07, 6.45) is 3.47. The molecule has 218 valence electrons. The molecule has 4 amide bonds. The number of hydrogen-bond donors (Lipinski definition) is 9. The number of carbonyl (C=O) groups excluding carboxylic acids is 4. The van der Waals surface area contributed by atoms with Crippen LogP contribution in [0.15, 0.2) is 4.99 Å². The van der Waals surface area contributed by atoms with Crippen molar-refractivity contribution in [2.24, 2.45) is 33.7 Å². The first-order valence-corrected chi connectivity index (χ1v) is 13.7. The third-order valence-electron chi connectivity index (χ3n) is 5.42. The van der Waals surface area contributed by atoms with Gasteiger partial charge in [0.15, 0.2) is 5.96 Å². The summed E-state index contributed by atoms with van der Waals surface area (Å²) < 4.78 is 0. The van der Waals surface area contributed by atoms with Crippen LogP contribution in [0.1, 0.15) is 51.4 Å². The van der Waals surface area contributed by atoms with Crippen LogP contribution in [0.5, 0.6) is 0 Å². The Morgan fingerprint density at radius 3 is 1.89 bits per heavy atom. The van der Waals surface area contributed by atoms with Crippen molar-refractivity contribution in [2.45, 2.75) is 75.5 Å². The molecule has 38 heavy (non-hydrogen) atoms. The minimum atomic E-state index is -1.26. The molecule has 14 N–H and O–H groups in total. The Kier molecular flexibility index (Phi) is 18.3. The number of amides is 4. The Balaban J connectivity index is 5.53. The van der Waals surface area contributed by atoms with Gasteiger partial charge in [0, 0.05) is 13.0 Å². The average Bonchev–Trinajstić information content (AvgIpc) is 2.85. The zero-order valence-corrected chi connectivity index (χ0v) is 22.6. The Labute approximate surface area is 226 Å². The number of hydrogen-bond acceptors (Lipinski definition) is 9. The average molecular weight is 562 g/mol. The molecule has 0 radical (unpaired) electrons. The quantitative estimate of drug-likeness (QED) is 0.0388. The van der Waals surface area contributed by atoms with Gasteiger partial charge in [-0.1, -0.05) is 0 Å². The number of aliphatic imine (C=N–C) groups is 1. The number of nitrogens with one attached hydrogen (secondary N) is 3. The number of aliphatic carboxylic acids is 1. The Morgan fingerprint density at radius 2 is 1.37 bits per heavy atom. The molecule has 4 unspecified atom stereocenters. The van der Waals surface area contributed by atoms with E-state index in [0.29, 0.717) is 31.6 Å². The first kappa shape index (κ1) is 34.9. The van der Waals surface area contributed by atoms with Gasteiger partial charge >= 0.3 is 5.97 Å². The standard InChI is InChI=1S/C22H43N9O6S/c1-38-12-9-13(24)18(33)29-15(7-8-17(25)32)20(35)30-14(5-2-3-10-23)19(34)31-16(21(36)37)6-4-11-28-22(26)27/h13-16H,2-12,23-24H2,1H3,(H2,25,32)(H,29,33)(H,30,35)(H,31,34)(H,36,37)(H4,26,27,28). The summed E-state index contributed by atoms with van der Waals surface area (Å²) >= 11 is 1.51. The second kappa shape index (κ2) is 19.9. The number of unbranched alkanes of at least 4 members (excludes halogenated alkanes) is 1. The van der Waals surface area contributed by atoms with E-state index in [0.717, 1.165) is 0 Å². The van der Waals surface area contributed by atoms with Gasteiger partial charge in [-0.05, 0) is 63.5 Å². The number of nitrogens with zero attached hydrogens (tertiary/aromatic N) is 1. The third-order valence-corrected chi connectivity index (χ3v) is 6.07. The molecule has 0 rings (SSSR count). The number of carboxylic acid groups (broad SMARTS) is 1. The fourth-order valence-electron chi connectivity index (χ4n) is 3.28. The molecule has 15 nitrogen and oxygen atoms in total. The highest BCUT2D eigenvalue weighted by Gasteiger charge is 2.30. The van der Waals surface area contributed by atoms with Crippen LogP contribution in [0.4, 0.5) is 0 Å². The van der Waals surface area contributed by atoms with E-state index in [1.807, 2.05) is 6.26 Å². The van der Waals surface area contributed by atoms with Gasteiger partial charge in [0.25, 0.3) is 0 Å². The van der Waals surface area contributed by atoms with Crippen molar-refractivity contribution < 1.29 is 29.1 Å². The molecule has 0 heterocycles. The van der Waals surface area contributed by atoms with Crippen LogP contribution in [0.25, 0.3) is 0 Å². The van der Waals surface area contributed by atoms with E-state index in [1.54, 1.807) is 0 Å². The molecule has 0 aromatic rings. The second-order valence-electron chi connectivity index (χ2n) is 8.65. The van der Waals surface area contributed by atoms with Gasteiger partial charge in [-0.2, -0.15) is 11.8 Å². The minimum absolute atomic E-state index is 0.0482. The lowest BCUT2D eigenvalue weighted by molar-refractivity contribution is -0.142. The number of carbonyl (C=O) groups is 5. The van der Waals surface area contributed by atoms with Gasteiger partial charge in [-0.25, -0.2) is 4.79 Å². The molecule has 0 aliphatic heterocycles. The van der Waals surface area contributed by atoms with Crippen LogP contribution in [0.2, 0.25) is 0 Å². The summed E-state index contributed by atoms with van der Waals surface area (Å²) in [4.78, 5) is 65.4. The van der Waals surface area contributed by atoms with E-state index in [9.17, 15) is 29.1 Å². The maximum atomic E-state index is 13.1. The molecule has 0 spiro atoms. The van der Waals surface area contributed by atoms with Crippen molar-refractivity contribution in [3.63, 3.8) is 0 Å². The lowest BCUT2D eigenvalue weighted by atomic mass is 10.0. The summed E-state index contributed by atoms with van der Waals surface area (Å²) in [5.74, 6) is -3.48. The van der Waals surface area contributed by atoms with Gasteiger partial charge in [-0.3, -0.25) is 24.2 Å². The normalized spacial score (nSPS) is 13.9. The maximum Gasteiger partial charge on any atom is 0.326 e. The van der Waals surface area contributed by atoms with E-state index < -0.39 is 53.8 Å². The predicted molar refractivity (Wildman–Crippen MR) is 146 cm³/mol. The summed E-state index contributed by atoms with van der Waals surface area (Å²) in [5, 5.41) is 17.0. The summed E-state index contributed by atoms with van der Waals surface area (Å²) in [6, 6.07) is -4.42. The molecular weight excluding hydrogens is 518 g/mol. The lowest BCUT2D eigenvalue weighted by Gasteiger charge is -2.25. The van der Waals surface area contributed by atoms with Gasteiger partial charge < -0.3 is 49.7 Å². The Morgan fingerprint density at radius 1 is 0.816 bits per heavy atom. The van der Waals surface area contributed by atoms with Crippen LogP contribution in [-0.4, -0.2) is 89.9 Å². The molecule has 16 heteroatoms. The molecule has 0 bridgehead atoms. The number of rotatable bonds is 21. The zero-order chi connectivity index (χ0) is 29.1. The van der Waals surface area contributed by atoms with Gasteiger partial charge in [0.1, 0.15) is 18.1 Å². The van der Waals surface area contributed by atoms with E-state index >= 15 is 0 Å². The molecule has 0 aromatic heterocycles. The largest absolute Gasteiger partial charge is 0.480 e. The van der Waals surface area contributed by atoms with Crippen LogP contribution >= 0.6 is 11.8 Å². The zero-order valence-electron chi connectivity index (χ0n) is 21.8. The van der Waals surface area contributed by atoms with Crippen LogP contribution in [0.3, 0.4) is 0 Å². The Bertz CT molecular complexity index is 810. The smallest absolute Gasteiger partial charge is 0.326 e. The number of guanidine groups is 1. The molecule has 0 aliphatic rings. The van der Waals surface area contributed by atoms with Gasteiger partial charge in [0.05, 0.1) is 6.04 Å². The molecule has 4 atom stereocenters. The van der Waals surface area contributed by atoms with E-state index in [-0.39, 0.29) is 44.6 Å².